The van der Waals surface area contributed by atoms with Crippen molar-refractivity contribution in [2.75, 3.05) is 77.7 Å². The first-order valence-corrected chi connectivity index (χ1v) is 28.3. The minimum atomic E-state index is -3.86. The van der Waals surface area contributed by atoms with Crippen molar-refractivity contribution in [2.24, 2.45) is 0 Å². The van der Waals surface area contributed by atoms with Gasteiger partial charge in [0.1, 0.15) is 0 Å². The summed E-state index contributed by atoms with van der Waals surface area (Å²) in [7, 11) is -7.45. The standard InChI is InChI=1S/C53H63ClN6O5S3/c1-5-50-53(67(4,62)63)51(52(60(50)6-2)39-15-17-41(54)18-16-39)40-11-10-12-45(36-40)59-33-31-58(32-34-59)44-21-19-42(20-22-44)56-68(64,65)48-23-24-49(38(3)35-48)55-43(37-66-47-13-8-7-9-14-47)25-28-57-29-26-46(61)27-30-57/h7-24,35-36,43,46,55-56,61H,5-6,25-34,37H2,1-4H3/t43-/m1/s1. The van der Waals surface area contributed by atoms with E-state index in [1.54, 1.807) is 12.1 Å². The van der Waals surface area contributed by atoms with E-state index in [2.05, 4.69) is 65.7 Å². The first kappa shape index (κ1) is 49.5. The van der Waals surface area contributed by atoms with Gasteiger partial charge in [0.25, 0.3) is 10.0 Å². The Hall–Kier alpha value is -4.96. The molecule has 68 heavy (non-hydrogen) atoms. The van der Waals surface area contributed by atoms with E-state index in [-0.39, 0.29) is 17.0 Å². The number of nitrogens with zero attached hydrogens (tertiary/aromatic N) is 4. The third kappa shape index (κ3) is 11.7. The number of sulfone groups is 1. The Bertz CT molecular complexity index is 2880. The van der Waals surface area contributed by atoms with Crippen LogP contribution in [0, 0.1) is 6.92 Å². The zero-order valence-corrected chi connectivity index (χ0v) is 42.6. The predicted molar refractivity (Wildman–Crippen MR) is 282 cm³/mol. The number of hydrogen-bond acceptors (Lipinski definition) is 10. The van der Waals surface area contributed by atoms with Gasteiger partial charge in [-0.05, 0) is 135 Å². The second-order valence-corrected chi connectivity index (χ2v) is 23.0. The van der Waals surface area contributed by atoms with Crippen molar-refractivity contribution in [3.8, 4) is 22.4 Å². The van der Waals surface area contributed by atoms with Gasteiger partial charge in [0.05, 0.1) is 21.6 Å². The number of piperidine rings is 1. The molecule has 15 heteroatoms. The summed E-state index contributed by atoms with van der Waals surface area (Å²) in [4.78, 5) is 8.84. The topological polar surface area (TPSA) is 127 Å². The minimum absolute atomic E-state index is 0.157. The molecule has 1 aromatic heterocycles. The van der Waals surface area contributed by atoms with E-state index < -0.39 is 19.9 Å². The number of halogens is 1. The maximum absolute atomic E-state index is 13.7. The smallest absolute Gasteiger partial charge is 0.261 e. The highest BCUT2D eigenvalue weighted by Gasteiger charge is 2.30. The Morgan fingerprint density at radius 2 is 1.44 bits per heavy atom. The van der Waals surface area contributed by atoms with Crippen molar-refractivity contribution >= 4 is 66.0 Å². The predicted octanol–water partition coefficient (Wildman–Crippen LogP) is 10.3. The van der Waals surface area contributed by atoms with Crippen molar-refractivity contribution < 1.29 is 21.9 Å². The number of benzene rings is 5. The maximum Gasteiger partial charge on any atom is 0.261 e. The molecule has 0 unspecified atom stereocenters. The summed E-state index contributed by atoms with van der Waals surface area (Å²) in [5.41, 5.74) is 8.42. The van der Waals surface area contributed by atoms with Gasteiger partial charge in [-0.1, -0.05) is 61.0 Å². The highest BCUT2D eigenvalue weighted by atomic mass is 35.5. The summed E-state index contributed by atoms with van der Waals surface area (Å²) in [6, 6.07) is 39.1. The molecule has 5 aromatic carbocycles. The number of piperazine rings is 1. The molecule has 3 N–H and O–H groups in total. The van der Waals surface area contributed by atoms with Gasteiger partial charge in [0, 0.05) is 114 Å². The average Bonchev–Trinajstić information content (AvgIpc) is 3.70. The molecule has 2 aliphatic heterocycles. The number of aryl methyl sites for hydroxylation is 1. The lowest BCUT2D eigenvalue weighted by atomic mass is 10.00. The number of likely N-dealkylation sites (tertiary alicyclic amines) is 1. The monoisotopic (exact) mass is 994 g/mol. The van der Waals surface area contributed by atoms with Crippen molar-refractivity contribution in [2.45, 2.75) is 79.8 Å². The first-order chi connectivity index (χ1) is 32.7. The summed E-state index contributed by atoms with van der Waals surface area (Å²) in [6.07, 6.45) is 4.21. The van der Waals surface area contributed by atoms with Gasteiger partial charge in [-0.25, -0.2) is 16.8 Å². The number of anilines is 4. The number of aromatic nitrogens is 1. The highest BCUT2D eigenvalue weighted by molar-refractivity contribution is 7.99. The van der Waals surface area contributed by atoms with Gasteiger partial charge in [-0.15, -0.1) is 11.8 Å². The lowest BCUT2D eigenvalue weighted by Crippen LogP contribution is -2.46. The van der Waals surface area contributed by atoms with Crippen LogP contribution in [0.1, 0.15) is 44.4 Å². The van der Waals surface area contributed by atoms with Crippen molar-refractivity contribution in [3.05, 3.63) is 138 Å². The Morgan fingerprint density at radius 3 is 2.07 bits per heavy atom. The van der Waals surface area contributed by atoms with Gasteiger partial charge in [-0.3, -0.25) is 4.72 Å². The normalized spacial score (nSPS) is 15.7. The van der Waals surface area contributed by atoms with E-state index in [0.717, 1.165) is 116 Å². The van der Waals surface area contributed by atoms with Crippen LogP contribution in [0.2, 0.25) is 5.02 Å². The number of rotatable bonds is 18. The Kier molecular flexibility index (Phi) is 15.8. The summed E-state index contributed by atoms with van der Waals surface area (Å²) in [5.74, 6) is 0.860. The summed E-state index contributed by atoms with van der Waals surface area (Å²) >= 11 is 8.10. The Labute approximate surface area is 412 Å². The van der Waals surface area contributed by atoms with Crippen LogP contribution < -0.4 is 19.8 Å². The maximum atomic E-state index is 13.7. The molecular weight excluding hydrogens is 932 g/mol. The van der Waals surface area contributed by atoms with Gasteiger partial charge in [-0.2, -0.15) is 0 Å². The van der Waals surface area contributed by atoms with Crippen LogP contribution in [0.5, 0.6) is 0 Å². The number of nitrogens with one attached hydrogen (secondary N) is 2. The molecule has 3 heterocycles. The van der Waals surface area contributed by atoms with Crippen molar-refractivity contribution in [1.82, 2.24) is 9.47 Å². The molecule has 2 fully saturated rings. The Balaban J connectivity index is 0.914. The van der Waals surface area contributed by atoms with Crippen LogP contribution in [0.4, 0.5) is 22.7 Å². The van der Waals surface area contributed by atoms with Crippen LogP contribution in [0.15, 0.2) is 136 Å². The van der Waals surface area contributed by atoms with Crippen molar-refractivity contribution in [3.63, 3.8) is 0 Å². The first-order valence-electron chi connectivity index (χ1n) is 23.6. The SMILES string of the molecule is CCc1c(S(C)(=O)=O)c(-c2cccc(N3CCN(c4ccc(NS(=O)(=O)c5ccc(N[C@H](CCN6CCC(O)CC6)CSc6ccccc6)c(C)c5)cc4)CC3)c2)c(-c2ccc(Cl)cc2)n1CC. The second kappa shape index (κ2) is 21.8. The quantitative estimate of drug-likeness (QED) is 0.0717. The van der Waals surface area contributed by atoms with E-state index in [1.807, 2.05) is 105 Å². The molecule has 1 atom stereocenters. The number of hydrogen-bond donors (Lipinski definition) is 3. The molecule has 2 aliphatic rings. The molecule has 11 nitrogen and oxygen atoms in total. The summed E-state index contributed by atoms with van der Waals surface area (Å²) in [5, 5.41) is 14.3. The molecule has 6 aromatic rings. The van der Waals surface area contributed by atoms with E-state index in [1.165, 1.54) is 11.2 Å². The lowest BCUT2D eigenvalue weighted by Gasteiger charge is -2.37. The molecule has 360 valence electrons. The zero-order valence-electron chi connectivity index (χ0n) is 39.4. The third-order valence-corrected chi connectivity index (χ3v) is 17.1. The molecule has 0 aliphatic carbocycles. The van der Waals surface area contributed by atoms with Gasteiger partial charge < -0.3 is 29.7 Å². The minimum Gasteiger partial charge on any atom is -0.393 e. The van der Waals surface area contributed by atoms with Crippen molar-refractivity contribution in [1.29, 1.82) is 0 Å². The number of aliphatic hydroxyl groups is 1. The van der Waals surface area contributed by atoms with E-state index in [4.69, 9.17) is 11.6 Å². The number of thioether (sulfide) groups is 1. The molecule has 0 spiro atoms. The molecular formula is C53H63ClN6O5S3. The number of aliphatic hydroxyl groups excluding tert-OH is 1. The number of sulfonamides is 1. The lowest BCUT2D eigenvalue weighted by molar-refractivity contribution is 0.0817. The second-order valence-electron chi connectivity index (χ2n) is 17.9. The Morgan fingerprint density at radius 1 is 0.765 bits per heavy atom. The summed E-state index contributed by atoms with van der Waals surface area (Å²) < 4.78 is 59.5. The van der Waals surface area contributed by atoms with Gasteiger partial charge in [0.2, 0.25) is 0 Å². The molecule has 0 saturated carbocycles. The average molecular weight is 996 g/mol. The van der Waals surface area contributed by atoms with E-state index >= 15 is 0 Å². The fraction of sp³-hybridized carbons (Fsp3) is 0.358. The third-order valence-electron chi connectivity index (χ3n) is 13.1. The van der Waals surface area contributed by atoms with Crippen LogP contribution in [0.25, 0.3) is 22.4 Å². The highest BCUT2D eigenvalue weighted by Crippen LogP contribution is 2.43. The van der Waals surface area contributed by atoms with Gasteiger partial charge >= 0.3 is 0 Å². The fourth-order valence-corrected chi connectivity index (χ4v) is 13.1. The molecule has 0 radical (unpaired) electrons. The van der Waals surface area contributed by atoms with Gasteiger partial charge in [0.15, 0.2) is 9.84 Å². The van der Waals surface area contributed by atoms with Crippen LogP contribution in [-0.2, 0) is 32.8 Å². The van der Waals surface area contributed by atoms with Crippen LogP contribution >= 0.6 is 23.4 Å². The van der Waals surface area contributed by atoms with E-state index in [9.17, 15) is 21.9 Å². The molecule has 0 amide bonds. The molecule has 8 rings (SSSR count). The van der Waals surface area contributed by atoms with E-state index in [0.29, 0.717) is 34.1 Å². The van der Waals surface area contributed by atoms with Crippen LogP contribution in [-0.4, -0.2) is 101 Å². The van der Waals surface area contributed by atoms with Crippen LogP contribution in [0.3, 0.4) is 0 Å². The fourth-order valence-electron chi connectivity index (χ4n) is 9.53. The summed E-state index contributed by atoms with van der Waals surface area (Å²) in [6.45, 7) is 12.3. The molecule has 2 saturated heterocycles. The largest absolute Gasteiger partial charge is 0.393 e. The molecule has 0 bridgehead atoms. The zero-order chi connectivity index (χ0) is 48.0.